The molecule has 0 aromatic heterocycles. The van der Waals surface area contributed by atoms with E-state index in [0.29, 0.717) is 13.1 Å². The van der Waals surface area contributed by atoms with Crippen molar-refractivity contribution in [3.63, 3.8) is 0 Å². The highest BCUT2D eigenvalue weighted by Crippen LogP contribution is 2.10. The van der Waals surface area contributed by atoms with E-state index < -0.39 is 10.4 Å². The maximum atomic E-state index is 8.90. The van der Waals surface area contributed by atoms with Gasteiger partial charge in [0.2, 0.25) is 0 Å². The summed E-state index contributed by atoms with van der Waals surface area (Å²) in [7, 11) is -4.67. The summed E-state index contributed by atoms with van der Waals surface area (Å²) < 4.78 is 31.6. The van der Waals surface area contributed by atoms with Crippen molar-refractivity contribution in [3.8, 4) is 0 Å². The predicted molar refractivity (Wildman–Crippen MR) is 96.6 cm³/mol. The van der Waals surface area contributed by atoms with Crippen molar-refractivity contribution in [3.05, 3.63) is 0 Å². The highest BCUT2D eigenvalue weighted by Gasteiger charge is 2.02. The first kappa shape index (κ1) is 26.0. The maximum Gasteiger partial charge on any atom is 0.394 e. The Bertz CT molecular complexity index is 323. The van der Waals surface area contributed by atoms with Gasteiger partial charge in [0, 0.05) is 13.1 Å². The summed E-state index contributed by atoms with van der Waals surface area (Å²) in [6.45, 7) is 5.04. The Labute approximate surface area is 147 Å². The van der Waals surface area contributed by atoms with Crippen molar-refractivity contribution in [2.24, 2.45) is 0 Å². The molecule has 0 radical (unpaired) electrons. The van der Waals surface area contributed by atoms with E-state index in [4.69, 9.17) is 27.7 Å². The molecule has 0 aliphatic heterocycles. The van der Waals surface area contributed by atoms with Gasteiger partial charge in [0.05, 0.1) is 13.2 Å². The molecule has 0 saturated heterocycles. The fraction of sp³-hybridized carbons (Fsp3) is 1.00. The van der Waals surface area contributed by atoms with Crippen molar-refractivity contribution in [1.29, 1.82) is 0 Å². The van der Waals surface area contributed by atoms with Crippen LogP contribution >= 0.6 is 0 Å². The molecule has 0 unspecified atom stereocenters. The number of nitrogens with zero attached hydrogens (tertiary/aromatic N) is 1. The average molecular weight is 372 g/mol. The second-order valence-electron chi connectivity index (χ2n) is 5.92. The smallest absolute Gasteiger partial charge is 0.394 e. The normalized spacial score (nSPS) is 11.4. The standard InChI is InChI=1S/C16H35NO2.H2O4S/c1-2-3-4-5-6-7-8-9-10-11-12-17(13-15-18)14-16-19;1-5(2,3)4/h18-19H,2-16H2,1H3;(H2,1,2,3,4). The molecule has 8 heteroatoms. The SMILES string of the molecule is CCCCCCCCCCCCN(CCO)CCO.O=S(=O)(O)O. The minimum atomic E-state index is -4.67. The highest BCUT2D eigenvalue weighted by atomic mass is 32.3. The van der Waals surface area contributed by atoms with E-state index in [1.165, 1.54) is 64.2 Å². The Morgan fingerprint density at radius 1 is 0.667 bits per heavy atom. The second-order valence-corrected chi connectivity index (χ2v) is 6.81. The van der Waals surface area contributed by atoms with E-state index in [1.54, 1.807) is 0 Å². The summed E-state index contributed by atoms with van der Waals surface area (Å²) in [4.78, 5) is 2.14. The van der Waals surface area contributed by atoms with Crippen molar-refractivity contribution in [2.45, 2.75) is 71.1 Å². The van der Waals surface area contributed by atoms with E-state index in [-0.39, 0.29) is 13.2 Å². The molecular formula is C16H37NO6S. The van der Waals surface area contributed by atoms with Gasteiger partial charge in [-0.2, -0.15) is 8.42 Å². The molecule has 0 heterocycles. The summed E-state index contributed by atoms with van der Waals surface area (Å²) in [5, 5.41) is 17.8. The van der Waals surface area contributed by atoms with Gasteiger partial charge in [-0.25, -0.2) is 0 Å². The Kier molecular flexibility index (Phi) is 20.7. The Balaban J connectivity index is 0. The molecule has 0 aromatic rings. The highest BCUT2D eigenvalue weighted by molar-refractivity contribution is 7.79. The largest absolute Gasteiger partial charge is 0.395 e. The van der Waals surface area contributed by atoms with Gasteiger partial charge in [0.25, 0.3) is 0 Å². The summed E-state index contributed by atoms with van der Waals surface area (Å²) >= 11 is 0. The van der Waals surface area contributed by atoms with Crippen LogP contribution in [-0.2, 0) is 10.4 Å². The van der Waals surface area contributed by atoms with Crippen molar-refractivity contribution in [1.82, 2.24) is 4.90 Å². The molecular weight excluding hydrogens is 334 g/mol. The van der Waals surface area contributed by atoms with E-state index >= 15 is 0 Å². The van der Waals surface area contributed by atoms with Gasteiger partial charge in [-0.05, 0) is 13.0 Å². The monoisotopic (exact) mass is 371 g/mol. The summed E-state index contributed by atoms with van der Waals surface area (Å²) in [5.74, 6) is 0. The molecule has 7 nitrogen and oxygen atoms in total. The molecule has 0 rings (SSSR count). The van der Waals surface area contributed by atoms with E-state index in [2.05, 4.69) is 11.8 Å². The zero-order valence-electron chi connectivity index (χ0n) is 15.1. The lowest BCUT2D eigenvalue weighted by Gasteiger charge is -2.19. The molecule has 148 valence electrons. The number of aliphatic hydroxyl groups excluding tert-OH is 2. The molecule has 0 aliphatic rings. The molecule has 0 aromatic carbocycles. The summed E-state index contributed by atoms with van der Waals surface area (Å²) in [6.07, 6.45) is 13.5. The molecule has 0 aliphatic carbocycles. The average Bonchev–Trinajstić information content (AvgIpc) is 2.48. The summed E-state index contributed by atoms with van der Waals surface area (Å²) in [5.41, 5.74) is 0. The number of unbranched alkanes of at least 4 members (excludes halogenated alkanes) is 9. The van der Waals surface area contributed by atoms with Crippen LogP contribution in [0.25, 0.3) is 0 Å². The minimum Gasteiger partial charge on any atom is -0.395 e. The number of rotatable bonds is 15. The third kappa shape index (κ3) is 29.7. The number of aliphatic hydroxyl groups is 2. The Morgan fingerprint density at radius 2 is 1.00 bits per heavy atom. The van der Waals surface area contributed by atoms with Crippen LogP contribution in [0.2, 0.25) is 0 Å². The van der Waals surface area contributed by atoms with Gasteiger partial charge >= 0.3 is 10.4 Å². The van der Waals surface area contributed by atoms with Crippen LogP contribution in [0, 0.1) is 0 Å². The van der Waals surface area contributed by atoms with Crippen LogP contribution in [0.4, 0.5) is 0 Å². The topological polar surface area (TPSA) is 118 Å². The van der Waals surface area contributed by atoms with Gasteiger partial charge < -0.3 is 10.2 Å². The van der Waals surface area contributed by atoms with Gasteiger partial charge in [-0.15, -0.1) is 0 Å². The van der Waals surface area contributed by atoms with Gasteiger partial charge in [0.1, 0.15) is 0 Å². The molecule has 0 saturated carbocycles. The first-order chi connectivity index (χ1) is 11.3. The van der Waals surface area contributed by atoms with Crippen molar-refractivity contribution < 1.29 is 27.7 Å². The lowest BCUT2D eigenvalue weighted by atomic mass is 10.1. The molecule has 0 atom stereocenters. The van der Waals surface area contributed by atoms with Gasteiger partial charge in [-0.1, -0.05) is 64.7 Å². The third-order valence-electron chi connectivity index (χ3n) is 3.66. The number of hydrogen-bond acceptors (Lipinski definition) is 5. The number of hydrogen-bond donors (Lipinski definition) is 4. The first-order valence-electron chi connectivity index (χ1n) is 8.99. The van der Waals surface area contributed by atoms with Crippen LogP contribution in [0.1, 0.15) is 71.1 Å². The Hall–Kier alpha value is -0.250. The van der Waals surface area contributed by atoms with Gasteiger partial charge in [0.15, 0.2) is 0 Å². The molecule has 0 fully saturated rings. The second kappa shape index (κ2) is 19.1. The lowest BCUT2D eigenvalue weighted by molar-refractivity contribution is 0.159. The molecule has 4 N–H and O–H groups in total. The van der Waals surface area contributed by atoms with Crippen LogP contribution in [0.3, 0.4) is 0 Å². The first-order valence-corrected chi connectivity index (χ1v) is 10.4. The fourth-order valence-corrected chi connectivity index (χ4v) is 2.44. The third-order valence-corrected chi connectivity index (χ3v) is 3.66. The van der Waals surface area contributed by atoms with Crippen molar-refractivity contribution >= 4 is 10.4 Å². The zero-order valence-corrected chi connectivity index (χ0v) is 15.9. The minimum absolute atomic E-state index is 0.192. The van der Waals surface area contributed by atoms with Crippen LogP contribution < -0.4 is 0 Å². The molecule has 24 heavy (non-hydrogen) atoms. The van der Waals surface area contributed by atoms with Crippen LogP contribution in [-0.4, -0.2) is 65.5 Å². The van der Waals surface area contributed by atoms with Crippen molar-refractivity contribution in [2.75, 3.05) is 32.8 Å². The predicted octanol–water partition coefficient (Wildman–Crippen LogP) is 2.54. The molecule has 0 spiro atoms. The van der Waals surface area contributed by atoms with E-state index in [1.807, 2.05) is 0 Å². The van der Waals surface area contributed by atoms with Crippen LogP contribution in [0.15, 0.2) is 0 Å². The maximum absolute atomic E-state index is 8.90. The van der Waals surface area contributed by atoms with Crippen LogP contribution in [0.5, 0.6) is 0 Å². The molecule has 0 amide bonds. The van der Waals surface area contributed by atoms with E-state index in [9.17, 15) is 0 Å². The molecule has 0 bridgehead atoms. The zero-order chi connectivity index (χ0) is 18.7. The lowest BCUT2D eigenvalue weighted by Crippen LogP contribution is -2.30. The quantitative estimate of drug-likeness (QED) is 0.258. The van der Waals surface area contributed by atoms with E-state index in [0.717, 1.165) is 6.54 Å². The Morgan fingerprint density at radius 3 is 1.33 bits per heavy atom. The van der Waals surface area contributed by atoms with Gasteiger partial charge in [-0.3, -0.25) is 14.0 Å². The fourth-order valence-electron chi connectivity index (χ4n) is 2.44. The summed E-state index contributed by atoms with van der Waals surface area (Å²) in [6, 6.07) is 0.